The molecule has 2 atom stereocenters. The summed E-state index contributed by atoms with van der Waals surface area (Å²) in [6.07, 6.45) is 2.33. The summed E-state index contributed by atoms with van der Waals surface area (Å²) in [5.74, 6) is -2.00. The van der Waals surface area contributed by atoms with Gasteiger partial charge in [-0.1, -0.05) is 80.4 Å². The van der Waals surface area contributed by atoms with Crippen LogP contribution in [-0.4, -0.2) is 39.1 Å². The highest BCUT2D eigenvalue weighted by Gasteiger charge is 2.45. The van der Waals surface area contributed by atoms with Crippen LogP contribution in [0.15, 0.2) is 66.4 Å². The number of hydrogen-bond acceptors (Lipinski definition) is 3. The molecule has 2 N–H and O–H groups in total. The summed E-state index contributed by atoms with van der Waals surface area (Å²) in [6.45, 7) is 1.98. The third-order valence-corrected chi connectivity index (χ3v) is 5.17. The van der Waals surface area contributed by atoms with Crippen LogP contribution in [-0.2, 0) is 16.0 Å². The SMILES string of the molecule is CCCCC(C(=O)O)N1C(=O)C(O)=C(c2ccccc2)C1Cc1ccccc1. The van der Waals surface area contributed by atoms with Crippen molar-refractivity contribution in [3.05, 3.63) is 77.5 Å². The van der Waals surface area contributed by atoms with Gasteiger partial charge in [0.05, 0.1) is 6.04 Å². The number of carbonyl (C=O) groups excluding carboxylic acids is 1. The number of aliphatic hydroxyl groups is 1. The number of aliphatic hydroxyl groups excluding tert-OH is 1. The molecule has 5 nitrogen and oxygen atoms in total. The molecule has 1 heterocycles. The van der Waals surface area contributed by atoms with Gasteiger partial charge < -0.3 is 15.1 Å². The molecular weight excluding hydrogens is 354 g/mol. The topological polar surface area (TPSA) is 77.8 Å². The number of carbonyl (C=O) groups is 2. The van der Waals surface area contributed by atoms with E-state index in [1.165, 1.54) is 4.90 Å². The highest BCUT2D eigenvalue weighted by molar-refractivity contribution is 6.06. The molecule has 0 saturated heterocycles. The molecule has 5 heteroatoms. The first-order chi connectivity index (χ1) is 13.5. The van der Waals surface area contributed by atoms with Crippen molar-refractivity contribution in [3.63, 3.8) is 0 Å². The summed E-state index contributed by atoms with van der Waals surface area (Å²) in [7, 11) is 0. The number of hydrogen-bond donors (Lipinski definition) is 2. The number of carboxylic acid groups (broad SMARTS) is 1. The van der Waals surface area contributed by atoms with E-state index in [1.807, 2.05) is 67.6 Å². The van der Waals surface area contributed by atoms with Crippen molar-refractivity contribution in [1.82, 2.24) is 4.90 Å². The van der Waals surface area contributed by atoms with Gasteiger partial charge in [0.2, 0.25) is 0 Å². The van der Waals surface area contributed by atoms with Gasteiger partial charge in [-0.2, -0.15) is 0 Å². The highest BCUT2D eigenvalue weighted by atomic mass is 16.4. The van der Waals surface area contributed by atoms with Crippen molar-refractivity contribution in [3.8, 4) is 0 Å². The van der Waals surface area contributed by atoms with E-state index in [2.05, 4.69) is 0 Å². The molecule has 0 saturated carbocycles. The second-order valence-corrected chi connectivity index (χ2v) is 7.04. The minimum absolute atomic E-state index is 0.352. The van der Waals surface area contributed by atoms with Gasteiger partial charge in [0.1, 0.15) is 6.04 Å². The molecule has 1 aliphatic heterocycles. The zero-order valence-electron chi connectivity index (χ0n) is 15.9. The molecule has 0 aliphatic carbocycles. The maximum atomic E-state index is 13.0. The van der Waals surface area contributed by atoms with Crippen LogP contribution in [0, 0.1) is 0 Å². The lowest BCUT2D eigenvalue weighted by Gasteiger charge is -2.32. The van der Waals surface area contributed by atoms with Gasteiger partial charge in [0, 0.05) is 5.57 Å². The van der Waals surface area contributed by atoms with E-state index in [-0.39, 0.29) is 5.76 Å². The summed E-state index contributed by atoms with van der Waals surface area (Å²) >= 11 is 0. The Morgan fingerprint density at radius 3 is 2.25 bits per heavy atom. The number of benzene rings is 2. The van der Waals surface area contributed by atoms with Crippen LogP contribution in [0.5, 0.6) is 0 Å². The Labute approximate surface area is 164 Å². The van der Waals surface area contributed by atoms with Gasteiger partial charge >= 0.3 is 5.97 Å². The average molecular weight is 379 g/mol. The molecule has 0 spiro atoms. The maximum absolute atomic E-state index is 13.0. The Hall–Kier alpha value is -3.08. The van der Waals surface area contributed by atoms with Gasteiger partial charge in [0.25, 0.3) is 5.91 Å². The van der Waals surface area contributed by atoms with E-state index in [1.54, 1.807) is 0 Å². The van der Waals surface area contributed by atoms with Crippen molar-refractivity contribution < 1.29 is 19.8 Å². The third kappa shape index (κ3) is 3.93. The lowest BCUT2D eigenvalue weighted by atomic mass is 9.93. The van der Waals surface area contributed by atoms with Crippen molar-refractivity contribution in [2.45, 2.75) is 44.7 Å². The van der Waals surface area contributed by atoms with Crippen LogP contribution < -0.4 is 0 Å². The van der Waals surface area contributed by atoms with Gasteiger partial charge in [-0.25, -0.2) is 4.79 Å². The van der Waals surface area contributed by atoms with E-state index in [4.69, 9.17) is 0 Å². The number of aliphatic carboxylic acids is 1. The molecule has 0 radical (unpaired) electrons. The number of unbranched alkanes of at least 4 members (excludes halogenated alkanes) is 1. The first kappa shape index (κ1) is 19.7. The summed E-state index contributed by atoms with van der Waals surface area (Å²) in [4.78, 5) is 26.3. The second-order valence-electron chi connectivity index (χ2n) is 7.04. The van der Waals surface area contributed by atoms with Crippen LogP contribution in [0.2, 0.25) is 0 Å². The maximum Gasteiger partial charge on any atom is 0.326 e. The van der Waals surface area contributed by atoms with E-state index < -0.39 is 24.0 Å². The zero-order valence-corrected chi connectivity index (χ0v) is 15.9. The molecule has 1 amide bonds. The molecule has 0 aromatic heterocycles. The molecule has 3 rings (SSSR count). The van der Waals surface area contributed by atoms with Crippen LogP contribution in [0.1, 0.15) is 37.3 Å². The first-order valence-electron chi connectivity index (χ1n) is 9.62. The quantitative estimate of drug-likeness (QED) is 0.725. The van der Waals surface area contributed by atoms with Crippen molar-refractivity contribution in [2.75, 3.05) is 0 Å². The molecule has 2 aromatic carbocycles. The predicted molar refractivity (Wildman–Crippen MR) is 108 cm³/mol. The molecule has 0 fully saturated rings. The number of rotatable bonds is 8. The molecule has 28 heavy (non-hydrogen) atoms. The minimum Gasteiger partial charge on any atom is -0.503 e. The molecule has 1 aliphatic rings. The van der Waals surface area contributed by atoms with E-state index in [0.29, 0.717) is 24.8 Å². The zero-order chi connectivity index (χ0) is 20.1. The number of nitrogens with zero attached hydrogens (tertiary/aromatic N) is 1. The predicted octanol–water partition coefficient (Wildman–Crippen LogP) is 4.05. The normalized spacial score (nSPS) is 17.8. The molecule has 2 unspecified atom stereocenters. The van der Waals surface area contributed by atoms with E-state index >= 15 is 0 Å². The Morgan fingerprint density at radius 2 is 1.68 bits per heavy atom. The smallest absolute Gasteiger partial charge is 0.326 e. The minimum atomic E-state index is -1.04. The first-order valence-corrected chi connectivity index (χ1v) is 9.62. The van der Waals surface area contributed by atoms with Crippen molar-refractivity contribution in [2.24, 2.45) is 0 Å². The highest BCUT2D eigenvalue weighted by Crippen LogP contribution is 2.37. The van der Waals surface area contributed by atoms with Crippen LogP contribution >= 0.6 is 0 Å². The fourth-order valence-electron chi connectivity index (χ4n) is 3.80. The molecular formula is C23H25NO4. The van der Waals surface area contributed by atoms with Gasteiger partial charge in [-0.05, 0) is 24.0 Å². The van der Waals surface area contributed by atoms with Crippen LogP contribution in [0.4, 0.5) is 0 Å². The second kappa shape index (κ2) is 8.74. The summed E-state index contributed by atoms with van der Waals surface area (Å²) < 4.78 is 0. The van der Waals surface area contributed by atoms with E-state index in [9.17, 15) is 19.8 Å². The lowest BCUT2D eigenvalue weighted by molar-refractivity contribution is -0.150. The standard InChI is InChI=1S/C23H25NO4/c1-2-3-14-18(23(27)28)24-19(15-16-10-6-4-7-11-16)20(21(25)22(24)26)17-12-8-5-9-13-17/h4-13,18-19,25H,2-3,14-15H2,1H3,(H,27,28). The fraction of sp³-hybridized carbons (Fsp3) is 0.304. The van der Waals surface area contributed by atoms with Crippen molar-refractivity contribution >= 4 is 17.4 Å². The number of carboxylic acids is 1. The average Bonchev–Trinajstić information content (AvgIpc) is 2.94. The summed E-state index contributed by atoms with van der Waals surface area (Å²) in [6, 6.07) is 17.3. The van der Waals surface area contributed by atoms with Gasteiger partial charge in [-0.15, -0.1) is 0 Å². The van der Waals surface area contributed by atoms with Crippen LogP contribution in [0.25, 0.3) is 5.57 Å². The largest absolute Gasteiger partial charge is 0.503 e. The van der Waals surface area contributed by atoms with Crippen molar-refractivity contribution in [1.29, 1.82) is 0 Å². The Morgan fingerprint density at radius 1 is 1.07 bits per heavy atom. The fourth-order valence-corrected chi connectivity index (χ4v) is 3.80. The van der Waals surface area contributed by atoms with E-state index in [0.717, 1.165) is 17.5 Å². The summed E-state index contributed by atoms with van der Waals surface area (Å²) in [5, 5.41) is 20.5. The monoisotopic (exact) mass is 379 g/mol. The van der Waals surface area contributed by atoms with Gasteiger partial charge in [-0.3, -0.25) is 4.79 Å². The Kier molecular flexibility index (Phi) is 6.14. The van der Waals surface area contributed by atoms with Crippen LogP contribution in [0.3, 0.4) is 0 Å². The Bertz CT molecular complexity index is 861. The third-order valence-electron chi connectivity index (χ3n) is 5.17. The lowest BCUT2D eigenvalue weighted by Crippen LogP contribution is -2.48. The van der Waals surface area contributed by atoms with Gasteiger partial charge in [0.15, 0.2) is 5.76 Å². The molecule has 2 aromatic rings. The molecule has 146 valence electrons. The number of amides is 1. The molecule has 0 bridgehead atoms. The Balaban J connectivity index is 2.05. The summed E-state index contributed by atoms with van der Waals surface area (Å²) in [5.41, 5.74) is 2.21.